The molecule has 12 heteroatoms. The van der Waals surface area contributed by atoms with Gasteiger partial charge < -0.3 is 19.3 Å². The van der Waals surface area contributed by atoms with E-state index < -0.39 is 27.8 Å². The zero-order chi connectivity index (χ0) is 29.5. The Kier molecular flexibility index (Phi) is 7.37. The number of sulfonamides is 1. The van der Waals surface area contributed by atoms with Crippen LogP contribution in [0.5, 0.6) is 5.88 Å². The number of benzene rings is 2. The van der Waals surface area contributed by atoms with E-state index in [-0.39, 0.29) is 54.4 Å². The molecule has 2 amide bonds. The van der Waals surface area contributed by atoms with Gasteiger partial charge in [-0.15, -0.1) is 0 Å². The van der Waals surface area contributed by atoms with E-state index in [9.17, 15) is 18.0 Å². The maximum Gasteiger partial charge on any atom is 0.410 e. The van der Waals surface area contributed by atoms with Crippen LogP contribution in [0.25, 0.3) is 11.3 Å². The topological polar surface area (TPSA) is 131 Å². The molecular formula is C29H33N5O6S. The van der Waals surface area contributed by atoms with Crippen molar-refractivity contribution >= 4 is 28.0 Å². The summed E-state index contributed by atoms with van der Waals surface area (Å²) in [6.07, 6.45) is -1.21. The van der Waals surface area contributed by atoms with Gasteiger partial charge in [-0.2, -0.15) is 4.98 Å². The number of rotatable bonds is 1. The number of nitrogens with zero attached hydrogens (tertiary/aromatic N) is 4. The second-order valence-electron chi connectivity index (χ2n) is 11.2. The number of carbonyl (C=O) groups is 2. The van der Waals surface area contributed by atoms with Gasteiger partial charge in [-0.1, -0.05) is 24.3 Å². The van der Waals surface area contributed by atoms with Crippen molar-refractivity contribution in [2.24, 2.45) is 0 Å². The zero-order valence-corrected chi connectivity index (χ0v) is 24.5. The summed E-state index contributed by atoms with van der Waals surface area (Å²) >= 11 is 0. The fourth-order valence-electron chi connectivity index (χ4n) is 4.93. The van der Waals surface area contributed by atoms with E-state index in [0.717, 1.165) is 16.7 Å². The van der Waals surface area contributed by atoms with Crippen LogP contribution >= 0.6 is 0 Å². The molecule has 1 N–H and O–H groups in total. The minimum atomic E-state index is -4.14. The van der Waals surface area contributed by atoms with Gasteiger partial charge in [0.15, 0.2) is 0 Å². The smallest absolute Gasteiger partial charge is 0.410 e. The first-order valence-electron chi connectivity index (χ1n) is 13.3. The summed E-state index contributed by atoms with van der Waals surface area (Å²) in [5.74, 6) is -0.453. The Labute approximate surface area is 239 Å². The first-order valence-corrected chi connectivity index (χ1v) is 14.8. The molecule has 0 saturated carbocycles. The molecule has 3 heterocycles. The van der Waals surface area contributed by atoms with Crippen molar-refractivity contribution in [2.45, 2.75) is 51.2 Å². The molecular weight excluding hydrogens is 546 g/mol. The fraction of sp³-hybridized carbons (Fsp3) is 0.379. The molecule has 216 valence electrons. The van der Waals surface area contributed by atoms with E-state index in [0.29, 0.717) is 5.69 Å². The molecule has 0 radical (unpaired) electrons. The van der Waals surface area contributed by atoms with Gasteiger partial charge in [-0.05, 0) is 63.9 Å². The van der Waals surface area contributed by atoms with Crippen LogP contribution in [-0.4, -0.2) is 78.1 Å². The molecule has 2 aliphatic heterocycles. The van der Waals surface area contributed by atoms with E-state index in [1.54, 1.807) is 37.8 Å². The highest BCUT2D eigenvalue weighted by Crippen LogP contribution is 2.30. The Morgan fingerprint density at radius 3 is 2.44 bits per heavy atom. The number of hydrogen-bond donors (Lipinski definition) is 1. The van der Waals surface area contributed by atoms with Gasteiger partial charge in [-0.25, -0.2) is 22.9 Å². The number of aryl methyl sites for hydroxylation is 2. The van der Waals surface area contributed by atoms with Crippen molar-refractivity contribution in [1.82, 2.24) is 19.8 Å². The summed E-state index contributed by atoms with van der Waals surface area (Å²) in [7, 11) is -4.14. The number of amides is 2. The lowest BCUT2D eigenvalue weighted by molar-refractivity contribution is 0.0201. The van der Waals surface area contributed by atoms with E-state index in [1.165, 1.54) is 23.1 Å². The predicted octanol–water partition coefficient (Wildman–Crippen LogP) is 4.02. The molecule has 1 atom stereocenters. The minimum absolute atomic E-state index is 0.102. The maximum absolute atomic E-state index is 13.6. The van der Waals surface area contributed by atoms with Gasteiger partial charge in [-0.3, -0.25) is 4.79 Å². The third-order valence-electron chi connectivity index (χ3n) is 6.77. The number of aromatic nitrogens is 2. The highest BCUT2D eigenvalue weighted by Gasteiger charge is 2.33. The summed E-state index contributed by atoms with van der Waals surface area (Å²) in [5, 5.41) is 0. The molecule has 2 aliphatic rings. The zero-order valence-electron chi connectivity index (χ0n) is 23.7. The Balaban J connectivity index is 1.64. The van der Waals surface area contributed by atoms with Gasteiger partial charge in [0.25, 0.3) is 15.9 Å². The molecule has 0 unspecified atom stereocenters. The van der Waals surface area contributed by atoms with Crippen molar-refractivity contribution in [3.8, 4) is 17.1 Å². The number of anilines is 1. The SMILES string of the molecule is Cc1cccc(C)c1-c1cc2nc(n1)NS(=O)(=O)c1cccc(c1)C(=O)N1CCN(C(=O)OC(C)(C)C)C[C@@H](C1)O2. The quantitative estimate of drug-likeness (QED) is 0.458. The lowest BCUT2D eigenvalue weighted by Crippen LogP contribution is -2.43. The molecule has 11 nitrogen and oxygen atoms in total. The van der Waals surface area contributed by atoms with Gasteiger partial charge in [0.2, 0.25) is 11.8 Å². The van der Waals surface area contributed by atoms with E-state index in [1.807, 2.05) is 32.0 Å². The van der Waals surface area contributed by atoms with Gasteiger partial charge >= 0.3 is 6.09 Å². The average molecular weight is 580 g/mol. The largest absolute Gasteiger partial charge is 0.470 e. The molecule has 0 spiro atoms. The summed E-state index contributed by atoms with van der Waals surface area (Å²) < 4.78 is 41.1. The van der Waals surface area contributed by atoms with Crippen LogP contribution in [0.3, 0.4) is 0 Å². The third-order valence-corrected chi connectivity index (χ3v) is 8.10. The standard InChI is InChI=1S/C29H33N5O6S/c1-18-8-6-9-19(2)25(18)23-15-24-31-27(30-23)32-41(37,38)22-11-7-10-20(14-22)26(35)33-12-13-34(17-21(16-33)39-24)28(36)40-29(3,4)5/h6-11,14-15,21H,12-13,16-17H2,1-5H3,(H,30,31,32)/t21-/m1/s1. The lowest BCUT2D eigenvalue weighted by atomic mass is 10.00. The average Bonchev–Trinajstić information content (AvgIpc) is 3.09. The van der Waals surface area contributed by atoms with E-state index >= 15 is 0 Å². The Morgan fingerprint density at radius 2 is 1.73 bits per heavy atom. The molecule has 1 fully saturated rings. The Morgan fingerprint density at radius 1 is 1.02 bits per heavy atom. The van der Waals surface area contributed by atoms with Crippen molar-refractivity contribution in [3.05, 3.63) is 65.2 Å². The molecule has 3 aromatic rings. The molecule has 0 aliphatic carbocycles. The van der Waals surface area contributed by atoms with Gasteiger partial charge in [0.1, 0.15) is 11.7 Å². The predicted molar refractivity (Wildman–Crippen MR) is 152 cm³/mol. The van der Waals surface area contributed by atoms with Crippen LogP contribution in [0.2, 0.25) is 0 Å². The number of ether oxygens (including phenoxy) is 2. The van der Waals surface area contributed by atoms with Crippen LogP contribution in [0, 0.1) is 13.8 Å². The highest BCUT2D eigenvalue weighted by atomic mass is 32.2. The fourth-order valence-corrected chi connectivity index (χ4v) is 5.92. The summed E-state index contributed by atoms with van der Waals surface area (Å²) in [6, 6.07) is 13.3. The number of nitrogens with one attached hydrogen (secondary N) is 1. The molecule has 41 heavy (non-hydrogen) atoms. The third kappa shape index (κ3) is 6.27. The number of carbonyl (C=O) groups excluding carboxylic acids is 2. The first-order chi connectivity index (χ1) is 19.3. The first kappa shape index (κ1) is 28.3. The van der Waals surface area contributed by atoms with Crippen molar-refractivity contribution in [2.75, 3.05) is 30.9 Å². The van der Waals surface area contributed by atoms with Crippen LogP contribution in [0.4, 0.5) is 10.7 Å². The lowest BCUT2D eigenvalue weighted by Gasteiger charge is -2.28. The monoisotopic (exact) mass is 579 g/mol. The minimum Gasteiger partial charge on any atom is -0.470 e. The number of hydrogen-bond acceptors (Lipinski definition) is 8. The summed E-state index contributed by atoms with van der Waals surface area (Å²) in [5.41, 5.74) is 2.66. The van der Waals surface area contributed by atoms with Gasteiger partial charge in [0.05, 0.1) is 23.7 Å². The summed E-state index contributed by atoms with van der Waals surface area (Å²) in [4.78, 5) is 38.5. The molecule has 5 rings (SSSR count). The molecule has 1 aromatic heterocycles. The van der Waals surface area contributed by atoms with Crippen LogP contribution in [-0.2, 0) is 14.8 Å². The van der Waals surface area contributed by atoms with Crippen molar-refractivity contribution < 1.29 is 27.5 Å². The normalized spacial score (nSPS) is 18.6. The van der Waals surface area contributed by atoms with Crippen molar-refractivity contribution in [3.63, 3.8) is 0 Å². The van der Waals surface area contributed by atoms with Crippen molar-refractivity contribution in [1.29, 1.82) is 0 Å². The Bertz CT molecular complexity index is 1600. The number of fused-ring (bicyclic) bond motifs is 6. The second-order valence-corrected chi connectivity index (χ2v) is 12.9. The molecule has 6 bridgehead atoms. The van der Waals surface area contributed by atoms with Crippen LogP contribution in [0.15, 0.2) is 53.4 Å². The second kappa shape index (κ2) is 10.7. The molecule has 2 aromatic carbocycles. The highest BCUT2D eigenvalue weighted by molar-refractivity contribution is 7.92. The Hall–Kier alpha value is -4.19. The van der Waals surface area contributed by atoms with Gasteiger partial charge in [0, 0.05) is 30.3 Å². The molecule has 1 saturated heterocycles. The van der Waals surface area contributed by atoms with Crippen LogP contribution in [0.1, 0.15) is 42.3 Å². The van der Waals surface area contributed by atoms with E-state index in [4.69, 9.17) is 9.47 Å². The maximum atomic E-state index is 13.6. The summed E-state index contributed by atoms with van der Waals surface area (Å²) in [6.45, 7) is 9.93. The van der Waals surface area contributed by atoms with E-state index in [2.05, 4.69) is 14.7 Å². The van der Waals surface area contributed by atoms with Crippen LogP contribution < -0.4 is 9.46 Å².